The molecule has 0 bridgehead atoms. The molecule has 0 saturated carbocycles. The molecule has 0 aliphatic carbocycles. The molecule has 0 aromatic heterocycles. The quantitative estimate of drug-likeness (QED) is 0.510. The second-order valence-corrected chi connectivity index (χ2v) is 8.86. The molecule has 2 aromatic rings. The summed E-state index contributed by atoms with van der Waals surface area (Å²) in [6.07, 6.45) is 0. The predicted octanol–water partition coefficient (Wildman–Crippen LogP) is 5.42. The van der Waals surface area contributed by atoms with E-state index in [0.717, 1.165) is 15.6 Å². The molecule has 30 heavy (non-hydrogen) atoms. The predicted molar refractivity (Wildman–Crippen MR) is 124 cm³/mol. The fourth-order valence-corrected chi connectivity index (χ4v) is 3.67. The van der Waals surface area contributed by atoms with Gasteiger partial charge >= 0.3 is 0 Å². The van der Waals surface area contributed by atoms with E-state index in [9.17, 15) is 9.59 Å². The highest BCUT2D eigenvalue weighted by Crippen LogP contribution is 2.29. The Bertz CT molecular complexity index is 921. The lowest BCUT2D eigenvalue weighted by Crippen LogP contribution is -2.48. The van der Waals surface area contributed by atoms with Gasteiger partial charge in [0.2, 0.25) is 5.91 Å². The second-order valence-electron chi connectivity index (χ2n) is 7.19. The summed E-state index contributed by atoms with van der Waals surface area (Å²) < 4.78 is 6.52. The molecule has 0 radical (unpaired) electrons. The maximum atomic E-state index is 13.0. The molecule has 8 heteroatoms. The first-order chi connectivity index (χ1) is 14.1. The summed E-state index contributed by atoms with van der Waals surface area (Å²) in [6.45, 7) is 5.87. The van der Waals surface area contributed by atoms with E-state index >= 15 is 0 Å². The van der Waals surface area contributed by atoms with Crippen LogP contribution in [0.25, 0.3) is 0 Å². The summed E-state index contributed by atoms with van der Waals surface area (Å²) in [7, 11) is 1.53. The number of ether oxygens (including phenoxy) is 1. The summed E-state index contributed by atoms with van der Waals surface area (Å²) in [5.74, 6) is 0.352. The number of likely N-dealkylation sites (N-methyl/N-ethyl adjacent to an activating group) is 1. The SMILES string of the molecule is CNC(=O)C(C)N(Cc1ccc(Cl)c(Cl)c1)C(=O)COc1ccc(C(C)C)cc1Br. The smallest absolute Gasteiger partial charge is 0.261 e. The van der Waals surface area contributed by atoms with Crippen molar-refractivity contribution in [3.63, 3.8) is 0 Å². The van der Waals surface area contributed by atoms with Crippen molar-refractivity contribution in [2.45, 2.75) is 39.3 Å². The molecule has 5 nitrogen and oxygen atoms in total. The van der Waals surface area contributed by atoms with Crippen LogP contribution in [-0.2, 0) is 16.1 Å². The zero-order valence-corrected chi connectivity index (χ0v) is 20.4. The van der Waals surface area contributed by atoms with Crippen molar-refractivity contribution in [2.75, 3.05) is 13.7 Å². The van der Waals surface area contributed by atoms with Crippen LogP contribution in [0.5, 0.6) is 5.75 Å². The number of hydrogen-bond acceptors (Lipinski definition) is 3. The van der Waals surface area contributed by atoms with Gasteiger partial charge in [0.25, 0.3) is 5.91 Å². The average molecular weight is 516 g/mol. The Morgan fingerprint density at radius 1 is 1.10 bits per heavy atom. The standard InChI is InChI=1S/C22H25BrCl2N2O3/c1-13(2)16-6-8-20(17(23)10-16)30-12-21(28)27(14(3)22(29)26-4)11-15-5-7-18(24)19(25)9-15/h5-10,13-14H,11-12H2,1-4H3,(H,26,29). The molecular formula is C22H25BrCl2N2O3. The Labute approximate surface area is 195 Å². The molecule has 0 spiro atoms. The van der Waals surface area contributed by atoms with Gasteiger partial charge in [-0.25, -0.2) is 0 Å². The zero-order chi connectivity index (χ0) is 22.4. The Balaban J connectivity index is 2.17. The highest BCUT2D eigenvalue weighted by Gasteiger charge is 2.26. The lowest BCUT2D eigenvalue weighted by molar-refractivity contribution is -0.142. The van der Waals surface area contributed by atoms with Gasteiger partial charge in [0.05, 0.1) is 14.5 Å². The van der Waals surface area contributed by atoms with Crippen molar-refractivity contribution in [1.29, 1.82) is 0 Å². The zero-order valence-electron chi connectivity index (χ0n) is 17.3. The number of hydrogen-bond donors (Lipinski definition) is 1. The van der Waals surface area contributed by atoms with Crippen LogP contribution in [-0.4, -0.2) is 36.4 Å². The maximum absolute atomic E-state index is 13.0. The van der Waals surface area contributed by atoms with Crippen LogP contribution in [0.2, 0.25) is 10.0 Å². The molecule has 0 fully saturated rings. The minimum atomic E-state index is -0.688. The van der Waals surface area contributed by atoms with E-state index in [2.05, 4.69) is 35.1 Å². The molecule has 1 N–H and O–H groups in total. The number of rotatable bonds is 8. The number of halogens is 3. The van der Waals surface area contributed by atoms with Gasteiger partial charge in [-0.15, -0.1) is 0 Å². The van der Waals surface area contributed by atoms with E-state index in [1.54, 1.807) is 25.1 Å². The number of nitrogens with one attached hydrogen (secondary N) is 1. The minimum Gasteiger partial charge on any atom is -0.483 e. The third-order valence-electron chi connectivity index (χ3n) is 4.72. The molecular weight excluding hydrogens is 491 g/mol. The third-order valence-corrected chi connectivity index (χ3v) is 6.08. The fraction of sp³-hybridized carbons (Fsp3) is 0.364. The lowest BCUT2D eigenvalue weighted by atomic mass is 10.0. The van der Waals surface area contributed by atoms with Crippen LogP contribution in [0.4, 0.5) is 0 Å². The van der Waals surface area contributed by atoms with Crippen molar-refractivity contribution in [3.05, 3.63) is 62.0 Å². The van der Waals surface area contributed by atoms with Crippen molar-refractivity contribution in [3.8, 4) is 5.75 Å². The van der Waals surface area contributed by atoms with Gasteiger partial charge in [-0.1, -0.05) is 49.2 Å². The van der Waals surface area contributed by atoms with E-state index in [-0.39, 0.29) is 25.0 Å². The summed E-state index contributed by atoms with van der Waals surface area (Å²) >= 11 is 15.6. The molecule has 0 heterocycles. The summed E-state index contributed by atoms with van der Waals surface area (Å²) in [6, 6.07) is 10.2. The van der Waals surface area contributed by atoms with E-state index in [4.69, 9.17) is 27.9 Å². The van der Waals surface area contributed by atoms with Crippen molar-refractivity contribution >= 4 is 50.9 Å². The first-order valence-electron chi connectivity index (χ1n) is 9.51. The van der Waals surface area contributed by atoms with Crippen LogP contribution in [0.15, 0.2) is 40.9 Å². The van der Waals surface area contributed by atoms with Crippen molar-refractivity contribution < 1.29 is 14.3 Å². The molecule has 162 valence electrons. The van der Waals surface area contributed by atoms with Crippen LogP contribution in [0.3, 0.4) is 0 Å². The second kappa shape index (κ2) is 11.0. The normalized spacial score (nSPS) is 11.9. The summed E-state index contributed by atoms with van der Waals surface area (Å²) in [5, 5.41) is 3.39. The number of nitrogens with zero attached hydrogens (tertiary/aromatic N) is 1. The number of carbonyl (C=O) groups excluding carboxylic acids is 2. The number of amides is 2. The van der Waals surface area contributed by atoms with Gasteiger partial charge in [0.1, 0.15) is 11.8 Å². The monoisotopic (exact) mass is 514 g/mol. The topological polar surface area (TPSA) is 58.6 Å². The van der Waals surface area contributed by atoms with Gasteiger partial charge in [0, 0.05) is 13.6 Å². The molecule has 2 rings (SSSR count). The molecule has 0 saturated heterocycles. The molecule has 0 aliphatic heterocycles. The van der Waals surface area contributed by atoms with E-state index < -0.39 is 6.04 Å². The molecule has 2 aromatic carbocycles. The van der Waals surface area contributed by atoms with Gasteiger partial charge in [-0.2, -0.15) is 0 Å². The van der Waals surface area contributed by atoms with E-state index in [1.165, 1.54) is 11.9 Å². The molecule has 1 atom stereocenters. The van der Waals surface area contributed by atoms with Gasteiger partial charge in [-0.3, -0.25) is 9.59 Å². The Hall–Kier alpha value is -1.76. The number of benzene rings is 2. The minimum absolute atomic E-state index is 0.196. The van der Waals surface area contributed by atoms with Crippen molar-refractivity contribution in [2.24, 2.45) is 0 Å². The Kier molecular flexibility index (Phi) is 9.01. The third kappa shape index (κ3) is 6.37. The highest BCUT2D eigenvalue weighted by molar-refractivity contribution is 9.10. The van der Waals surface area contributed by atoms with Crippen LogP contribution in [0, 0.1) is 0 Å². The number of carbonyl (C=O) groups is 2. The highest BCUT2D eigenvalue weighted by atomic mass is 79.9. The summed E-state index contributed by atoms with van der Waals surface area (Å²) in [4.78, 5) is 26.6. The first-order valence-corrected chi connectivity index (χ1v) is 11.1. The van der Waals surface area contributed by atoms with Crippen LogP contribution in [0.1, 0.15) is 37.8 Å². The lowest BCUT2D eigenvalue weighted by Gasteiger charge is -2.28. The molecule has 0 aliphatic rings. The van der Waals surface area contributed by atoms with Crippen LogP contribution < -0.4 is 10.1 Å². The van der Waals surface area contributed by atoms with Crippen LogP contribution >= 0.6 is 39.1 Å². The Morgan fingerprint density at radius 2 is 1.80 bits per heavy atom. The molecule has 2 amide bonds. The Morgan fingerprint density at radius 3 is 2.37 bits per heavy atom. The first kappa shape index (κ1) is 24.5. The van der Waals surface area contributed by atoms with E-state index in [0.29, 0.717) is 21.7 Å². The average Bonchev–Trinajstić information content (AvgIpc) is 2.72. The fourth-order valence-electron chi connectivity index (χ4n) is 2.84. The van der Waals surface area contributed by atoms with Gasteiger partial charge in [0.15, 0.2) is 6.61 Å². The van der Waals surface area contributed by atoms with Gasteiger partial charge < -0.3 is 15.0 Å². The molecule has 1 unspecified atom stereocenters. The summed E-state index contributed by atoms with van der Waals surface area (Å²) in [5.41, 5.74) is 1.92. The largest absolute Gasteiger partial charge is 0.483 e. The maximum Gasteiger partial charge on any atom is 0.261 e. The van der Waals surface area contributed by atoms with Crippen molar-refractivity contribution in [1.82, 2.24) is 10.2 Å². The van der Waals surface area contributed by atoms with Gasteiger partial charge in [-0.05, 0) is 64.2 Å². The van der Waals surface area contributed by atoms with E-state index in [1.807, 2.05) is 18.2 Å².